The number of carbonyl (C=O) groups is 2. The molecular formula is C12H21FN2O4Si. The van der Waals surface area contributed by atoms with Crippen molar-refractivity contribution in [3.05, 3.63) is 0 Å². The highest BCUT2D eigenvalue weighted by atomic mass is 28.4. The van der Waals surface area contributed by atoms with Crippen LogP contribution in [0.2, 0.25) is 18.1 Å². The number of fused-ring (bicyclic) bond motifs is 1. The third-order valence-corrected chi connectivity index (χ3v) is 8.67. The van der Waals surface area contributed by atoms with Crippen molar-refractivity contribution >= 4 is 20.3 Å². The van der Waals surface area contributed by atoms with Gasteiger partial charge in [0.2, 0.25) is 6.17 Å². The van der Waals surface area contributed by atoms with Crippen molar-refractivity contribution in [1.29, 1.82) is 0 Å². The Morgan fingerprint density at radius 1 is 1.40 bits per heavy atom. The van der Waals surface area contributed by atoms with Gasteiger partial charge in [-0.05, 0) is 18.1 Å². The van der Waals surface area contributed by atoms with E-state index in [-0.39, 0.29) is 11.6 Å². The van der Waals surface area contributed by atoms with Gasteiger partial charge in [0.25, 0.3) is 5.91 Å². The van der Waals surface area contributed by atoms with E-state index in [1.807, 2.05) is 18.4 Å². The number of hydrogen-bond acceptors (Lipinski definition) is 4. The molecule has 0 aromatic heterocycles. The maximum Gasteiger partial charge on any atom is 0.328 e. The lowest BCUT2D eigenvalue weighted by Crippen LogP contribution is -2.63. The van der Waals surface area contributed by atoms with Crippen molar-refractivity contribution in [1.82, 2.24) is 10.2 Å². The van der Waals surface area contributed by atoms with Crippen LogP contribution >= 0.6 is 0 Å². The number of ether oxygens (including phenoxy) is 1. The van der Waals surface area contributed by atoms with Gasteiger partial charge in [0, 0.05) is 0 Å². The molecule has 0 aliphatic carbocycles. The first kappa shape index (κ1) is 15.4. The van der Waals surface area contributed by atoms with Gasteiger partial charge in [-0.3, -0.25) is 15.0 Å². The quantitative estimate of drug-likeness (QED) is 0.787. The molecule has 0 spiro atoms. The molecule has 2 heterocycles. The van der Waals surface area contributed by atoms with E-state index in [0.29, 0.717) is 0 Å². The maximum atomic E-state index is 13.8. The lowest BCUT2D eigenvalue weighted by atomic mass is 10.2. The van der Waals surface area contributed by atoms with Crippen LogP contribution in [0.15, 0.2) is 0 Å². The second-order valence-corrected chi connectivity index (χ2v) is 11.4. The summed E-state index contributed by atoms with van der Waals surface area (Å²) in [6.45, 7) is 10.4. The summed E-state index contributed by atoms with van der Waals surface area (Å²) in [6.07, 6.45) is -3.70. The lowest BCUT2D eigenvalue weighted by Gasteiger charge is -2.41. The van der Waals surface area contributed by atoms with Gasteiger partial charge in [0.05, 0.1) is 6.61 Å². The monoisotopic (exact) mass is 304 g/mol. The predicted octanol–water partition coefficient (Wildman–Crippen LogP) is 1.58. The Bertz CT molecular complexity index is 438. The molecule has 2 saturated heterocycles. The molecule has 8 heteroatoms. The Labute approximate surface area is 118 Å². The second kappa shape index (κ2) is 4.78. The highest BCUT2D eigenvalue weighted by Gasteiger charge is 2.52. The number of nitrogens with one attached hydrogen (secondary N) is 1. The Morgan fingerprint density at radius 3 is 2.55 bits per heavy atom. The highest BCUT2D eigenvalue weighted by molar-refractivity contribution is 6.74. The second-order valence-electron chi connectivity index (χ2n) is 6.66. The molecule has 2 aliphatic heterocycles. The summed E-state index contributed by atoms with van der Waals surface area (Å²) in [5.41, 5.74) is 0. The number of rotatable bonds is 2. The largest absolute Gasteiger partial charge is 0.395 e. The summed E-state index contributed by atoms with van der Waals surface area (Å²) in [6, 6.07) is -0.657. The van der Waals surface area contributed by atoms with Crippen molar-refractivity contribution < 1.29 is 23.1 Å². The lowest BCUT2D eigenvalue weighted by molar-refractivity contribution is -0.137. The number of alkyl halides is 1. The van der Waals surface area contributed by atoms with Crippen LogP contribution in [0.25, 0.3) is 0 Å². The SMILES string of the molecule is CC(C)(C)[Si](C)(C)OC1COC2C(F)C(=O)NC(=O)N12. The number of imide groups is 1. The molecule has 0 saturated carbocycles. The first-order chi connectivity index (χ1) is 9.04. The Kier molecular flexibility index (Phi) is 3.68. The number of urea groups is 1. The minimum atomic E-state index is -2.12. The molecule has 114 valence electrons. The molecule has 20 heavy (non-hydrogen) atoms. The summed E-state index contributed by atoms with van der Waals surface area (Å²) >= 11 is 0. The van der Waals surface area contributed by atoms with E-state index in [4.69, 9.17) is 9.16 Å². The molecule has 2 rings (SSSR count). The molecule has 0 radical (unpaired) electrons. The van der Waals surface area contributed by atoms with Crippen LogP contribution in [0, 0.1) is 0 Å². The van der Waals surface area contributed by atoms with Gasteiger partial charge in [-0.25, -0.2) is 9.18 Å². The molecule has 0 aromatic carbocycles. The first-order valence-electron chi connectivity index (χ1n) is 6.61. The molecule has 3 amide bonds. The van der Waals surface area contributed by atoms with Crippen LogP contribution < -0.4 is 5.32 Å². The third kappa shape index (κ3) is 2.47. The Morgan fingerprint density at radius 2 is 2.00 bits per heavy atom. The Hall–Kier alpha value is -0.993. The van der Waals surface area contributed by atoms with Crippen LogP contribution in [-0.2, 0) is 14.0 Å². The van der Waals surface area contributed by atoms with Crippen LogP contribution in [-0.4, -0.2) is 50.4 Å². The summed E-state index contributed by atoms with van der Waals surface area (Å²) in [5, 5.41) is 1.94. The molecule has 0 aromatic rings. The third-order valence-electron chi connectivity index (χ3n) is 4.20. The predicted molar refractivity (Wildman–Crippen MR) is 72.1 cm³/mol. The fraction of sp³-hybridized carbons (Fsp3) is 0.833. The van der Waals surface area contributed by atoms with Gasteiger partial charge in [0.15, 0.2) is 14.5 Å². The standard InChI is InChI=1S/C12H21FN2O4Si/c1-12(2,3)20(4,5)19-7-6-18-10-8(13)9(16)14-11(17)15(7)10/h7-8,10H,6H2,1-5H3,(H,14,16,17). The molecule has 2 fully saturated rings. The van der Waals surface area contributed by atoms with Crippen LogP contribution in [0.4, 0.5) is 9.18 Å². The average molecular weight is 304 g/mol. The number of hydrogen-bond donors (Lipinski definition) is 1. The number of carbonyl (C=O) groups excluding carboxylic acids is 2. The van der Waals surface area contributed by atoms with Gasteiger partial charge < -0.3 is 9.16 Å². The van der Waals surface area contributed by atoms with Crippen LogP contribution in [0.3, 0.4) is 0 Å². The minimum absolute atomic E-state index is 0.0394. The molecule has 0 bridgehead atoms. The zero-order valence-electron chi connectivity index (χ0n) is 12.4. The molecular weight excluding hydrogens is 283 g/mol. The van der Waals surface area contributed by atoms with Crippen LogP contribution in [0.5, 0.6) is 0 Å². The van der Waals surface area contributed by atoms with E-state index in [1.165, 1.54) is 0 Å². The molecule has 6 nitrogen and oxygen atoms in total. The van der Waals surface area contributed by atoms with Crippen molar-refractivity contribution in [3.8, 4) is 0 Å². The average Bonchev–Trinajstić information content (AvgIpc) is 2.68. The van der Waals surface area contributed by atoms with E-state index >= 15 is 0 Å². The summed E-state index contributed by atoms with van der Waals surface area (Å²) in [5.74, 6) is -0.954. The van der Waals surface area contributed by atoms with Gasteiger partial charge in [-0.2, -0.15) is 0 Å². The zero-order valence-corrected chi connectivity index (χ0v) is 13.4. The minimum Gasteiger partial charge on any atom is -0.395 e. The number of nitrogens with zero attached hydrogens (tertiary/aromatic N) is 1. The summed E-state index contributed by atoms with van der Waals surface area (Å²) < 4.78 is 25.1. The van der Waals surface area contributed by atoms with E-state index in [0.717, 1.165) is 4.90 Å². The maximum absolute atomic E-state index is 13.8. The fourth-order valence-electron chi connectivity index (χ4n) is 1.95. The van der Waals surface area contributed by atoms with Gasteiger partial charge in [-0.1, -0.05) is 20.8 Å². The number of amides is 3. The molecule has 3 unspecified atom stereocenters. The van der Waals surface area contributed by atoms with E-state index in [2.05, 4.69) is 20.8 Å². The first-order valence-corrected chi connectivity index (χ1v) is 9.52. The topological polar surface area (TPSA) is 67.9 Å². The smallest absolute Gasteiger partial charge is 0.328 e. The van der Waals surface area contributed by atoms with E-state index in [1.54, 1.807) is 0 Å². The molecule has 1 N–H and O–H groups in total. The highest BCUT2D eigenvalue weighted by Crippen LogP contribution is 2.39. The van der Waals surface area contributed by atoms with E-state index in [9.17, 15) is 14.0 Å². The van der Waals surface area contributed by atoms with Crippen molar-refractivity contribution in [2.24, 2.45) is 0 Å². The molecule has 3 atom stereocenters. The van der Waals surface area contributed by atoms with Crippen LogP contribution in [0.1, 0.15) is 20.8 Å². The zero-order chi connectivity index (χ0) is 15.3. The summed E-state index contributed by atoms with van der Waals surface area (Å²) in [4.78, 5) is 24.3. The van der Waals surface area contributed by atoms with Crippen molar-refractivity contribution in [2.75, 3.05) is 6.61 Å². The molecule has 2 aliphatic rings. The van der Waals surface area contributed by atoms with Crippen molar-refractivity contribution in [2.45, 2.75) is 57.5 Å². The van der Waals surface area contributed by atoms with Gasteiger partial charge in [-0.15, -0.1) is 0 Å². The van der Waals surface area contributed by atoms with Gasteiger partial charge in [0.1, 0.15) is 6.23 Å². The van der Waals surface area contributed by atoms with E-state index < -0.39 is 38.9 Å². The normalized spacial score (nSPS) is 31.3. The fourth-order valence-corrected chi connectivity index (χ4v) is 3.17. The number of halogens is 1. The van der Waals surface area contributed by atoms with Gasteiger partial charge >= 0.3 is 6.03 Å². The Balaban J connectivity index is 2.16. The summed E-state index contributed by atoms with van der Waals surface area (Å²) in [7, 11) is -2.12. The van der Waals surface area contributed by atoms with Crippen molar-refractivity contribution in [3.63, 3.8) is 0 Å².